The van der Waals surface area contributed by atoms with Crippen LogP contribution < -0.4 is 5.32 Å². The van der Waals surface area contributed by atoms with Crippen molar-refractivity contribution in [1.29, 1.82) is 0 Å². The monoisotopic (exact) mass is 157 g/mol. The van der Waals surface area contributed by atoms with Crippen LogP contribution in [0, 0.1) is 5.92 Å². The minimum atomic E-state index is 0.460. The number of nitrogens with one attached hydrogen (secondary N) is 1. The highest BCUT2D eigenvalue weighted by molar-refractivity contribution is 4.73. The normalized spacial score (nSPS) is 23.5. The Labute approximate surface area is 69.3 Å². The first-order valence-corrected chi connectivity index (χ1v) is 4.67. The molecule has 1 aliphatic heterocycles. The summed E-state index contributed by atoms with van der Waals surface area (Å²) in [5.74, 6) is 0.788. The minimum Gasteiger partial charge on any atom is -0.379 e. The maximum atomic E-state index is 5.55. The summed E-state index contributed by atoms with van der Waals surface area (Å²) in [6.45, 7) is 7.45. The van der Waals surface area contributed by atoms with Gasteiger partial charge in [0.15, 0.2) is 0 Å². The van der Waals surface area contributed by atoms with E-state index in [0.29, 0.717) is 6.10 Å². The van der Waals surface area contributed by atoms with Crippen LogP contribution in [0.25, 0.3) is 0 Å². The fraction of sp³-hybridized carbons (Fsp3) is 1.00. The van der Waals surface area contributed by atoms with Crippen molar-refractivity contribution >= 4 is 0 Å². The molecule has 2 nitrogen and oxygen atoms in total. The van der Waals surface area contributed by atoms with Crippen LogP contribution in [0.15, 0.2) is 0 Å². The SMILES string of the molecule is CCO[C@H](C)C1CCNCC1. The molecule has 0 aromatic heterocycles. The van der Waals surface area contributed by atoms with E-state index in [2.05, 4.69) is 19.2 Å². The Morgan fingerprint density at radius 3 is 2.64 bits per heavy atom. The molecular weight excluding hydrogens is 138 g/mol. The summed E-state index contributed by atoms with van der Waals surface area (Å²) >= 11 is 0. The number of piperidine rings is 1. The molecule has 0 radical (unpaired) electrons. The van der Waals surface area contributed by atoms with E-state index in [1.54, 1.807) is 0 Å². The third-order valence-corrected chi connectivity index (χ3v) is 2.48. The van der Waals surface area contributed by atoms with Gasteiger partial charge in [-0.25, -0.2) is 0 Å². The Morgan fingerprint density at radius 2 is 2.09 bits per heavy atom. The lowest BCUT2D eigenvalue weighted by atomic mass is 9.93. The molecule has 0 aliphatic carbocycles. The van der Waals surface area contributed by atoms with Gasteiger partial charge in [0.1, 0.15) is 0 Å². The van der Waals surface area contributed by atoms with Gasteiger partial charge in [0.05, 0.1) is 6.10 Å². The lowest BCUT2D eigenvalue weighted by Gasteiger charge is -2.27. The maximum Gasteiger partial charge on any atom is 0.0575 e. The van der Waals surface area contributed by atoms with Gasteiger partial charge in [-0.2, -0.15) is 0 Å². The summed E-state index contributed by atoms with van der Waals surface area (Å²) < 4.78 is 5.55. The van der Waals surface area contributed by atoms with Gasteiger partial charge in [-0.15, -0.1) is 0 Å². The molecule has 0 unspecified atom stereocenters. The van der Waals surface area contributed by atoms with Gasteiger partial charge in [0.2, 0.25) is 0 Å². The molecular formula is C9H19NO. The van der Waals surface area contributed by atoms with E-state index in [1.165, 1.54) is 25.9 Å². The van der Waals surface area contributed by atoms with Crippen molar-refractivity contribution in [2.45, 2.75) is 32.8 Å². The molecule has 1 saturated heterocycles. The molecule has 2 heteroatoms. The van der Waals surface area contributed by atoms with Gasteiger partial charge in [0, 0.05) is 6.61 Å². The van der Waals surface area contributed by atoms with Gasteiger partial charge in [-0.1, -0.05) is 0 Å². The molecule has 1 atom stereocenters. The van der Waals surface area contributed by atoms with Crippen molar-refractivity contribution in [3.63, 3.8) is 0 Å². The molecule has 1 aliphatic rings. The van der Waals surface area contributed by atoms with Crippen molar-refractivity contribution < 1.29 is 4.74 Å². The second-order valence-electron chi connectivity index (χ2n) is 3.25. The van der Waals surface area contributed by atoms with E-state index in [4.69, 9.17) is 4.74 Å². The molecule has 0 aromatic rings. The Hall–Kier alpha value is -0.0800. The van der Waals surface area contributed by atoms with Crippen molar-refractivity contribution in [3.8, 4) is 0 Å². The molecule has 0 amide bonds. The van der Waals surface area contributed by atoms with Crippen LogP contribution in [-0.4, -0.2) is 25.8 Å². The van der Waals surface area contributed by atoms with Gasteiger partial charge < -0.3 is 10.1 Å². The third kappa shape index (κ3) is 2.80. The highest BCUT2D eigenvalue weighted by atomic mass is 16.5. The Balaban J connectivity index is 2.21. The van der Waals surface area contributed by atoms with E-state index in [0.717, 1.165) is 12.5 Å². The fourth-order valence-electron chi connectivity index (χ4n) is 1.71. The van der Waals surface area contributed by atoms with Gasteiger partial charge in [-0.05, 0) is 45.7 Å². The number of ether oxygens (including phenoxy) is 1. The lowest BCUT2D eigenvalue weighted by Crippen LogP contribution is -2.34. The van der Waals surface area contributed by atoms with Crippen molar-refractivity contribution in [2.24, 2.45) is 5.92 Å². The summed E-state index contributed by atoms with van der Waals surface area (Å²) in [5, 5.41) is 3.36. The van der Waals surface area contributed by atoms with Crippen LogP contribution in [0.1, 0.15) is 26.7 Å². The third-order valence-electron chi connectivity index (χ3n) is 2.48. The summed E-state index contributed by atoms with van der Waals surface area (Å²) in [7, 11) is 0. The zero-order valence-electron chi connectivity index (χ0n) is 7.60. The van der Waals surface area contributed by atoms with Gasteiger partial charge in [-0.3, -0.25) is 0 Å². The van der Waals surface area contributed by atoms with E-state index in [9.17, 15) is 0 Å². The topological polar surface area (TPSA) is 21.3 Å². The first-order chi connectivity index (χ1) is 5.34. The summed E-state index contributed by atoms with van der Waals surface area (Å²) in [6.07, 6.45) is 3.02. The molecule has 1 heterocycles. The second kappa shape index (κ2) is 4.73. The van der Waals surface area contributed by atoms with Crippen LogP contribution in [0.3, 0.4) is 0 Å². The van der Waals surface area contributed by atoms with Crippen molar-refractivity contribution in [3.05, 3.63) is 0 Å². The maximum absolute atomic E-state index is 5.55. The molecule has 66 valence electrons. The highest BCUT2D eigenvalue weighted by Crippen LogP contribution is 2.18. The number of rotatable bonds is 3. The van der Waals surface area contributed by atoms with Crippen LogP contribution in [0.2, 0.25) is 0 Å². The van der Waals surface area contributed by atoms with E-state index in [1.807, 2.05) is 0 Å². The molecule has 11 heavy (non-hydrogen) atoms. The molecule has 0 bridgehead atoms. The van der Waals surface area contributed by atoms with E-state index >= 15 is 0 Å². The lowest BCUT2D eigenvalue weighted by molar-refractivity contribution is 0.0227. The van der Waals surface area contributed by atoms with Crippen molar-refractivity contribution in [1.82, 2.24) is 5.32 Å². The van der Waals surface area contributed by atoms with E-state index in [-0.39, 0.29) is 0 Å². The zero-order chi connectivity index (χ0) is 8.10. The van der Waals surface area contributed by atoms with E-state index < -0.39 is 0 Å². The average Bonchev–Trinajstić information content (AvgIpc) is 2.07. The van der Waals surface area contributed by atoms with Crippen LogP contribution in [0.5, 0.6) is 0 Å². The molecule has 0 saturated carbocycles. The largest absolute Gasteiger partial charge is 0.379 e. The average molecular weight is 157 g/mol. The molecule has 1 N–H and O–H groups in total. The zero-order valence-corrected chi connectivity index (χ0v) is 7.60. The first kappa shape index (κ1) is 9.01. The van der Waals surface area contributed by atoms with Crippen LogP contribution >= 0.6 is 0 Å². The second-order valence-corrected chi connectivity index (χ2v) is 3.25. The minimum absolute atomic E-state index is 0.460. The van der Waals surface area contributed by atoms with Crippen LogP contribution in [0.4, 0.5) is 0 Å². The Bertz CT molecular complexity index is 99.7. The first-order valence-electron chi connectivity index (χ1n) is 4.67. The quantitative estimate of drug-likeness (QED) is 0.669. The highest BCUT2D eigenvalue weighted by Gasteiger charge is 2.19. The molecule has 0 spiro atoms. The predicted molar refractivity (Wildman–Crippen MR) is 46.7 cm³/mol. The van der Waals surface area contributed by atoms with Gasteiger partial charge >= 0.3 is 0 Å². The Morgan fingerprint density at radius 1 is 1.45 bits per heavy atom. The summed E-state index contributed by atoms with van der Waals surface area (Å²) in [4.78, 5) is 0. The Kier molecular flexibility index (Phi) is 3.87. The van der Waals surface area contributed by atoms with Gasteiger partial charge in [0.25, 0.3) is 0 Å². The molecule has 1 rings (SSSR count). The fourth-order valence-corrected chi connectivity index (χ4v) is 1.71. The number of hydrogen-bond acceptors (Lipinski definition) is 2. The summed E-state index contributed by atoms with van der Waals surface area (Å²) in [5.41, 5.74) is 0. The predicted octanol–water partition coefficient (Wildman–Crippen LogP) is 1.41. The standard InChI is InChI=1S/C9H19NO/c1-3-11-8(2)9-4-6-10-7-5-9/h8-10H,3-7H2,1-2H3/t8-/m1/s1. The molecule has 1 fully saturated rings. The van der Waals surface area contributed by atoms with Crippen LogP contribution in [-0.2, 0) is 4.74 Å². The number of hydrogen-bond donors (Lipinski definition) is 1. The summed E-state index contributed by atoms with van der Waals surface area (Å²) in [6, 6.07) is 0. The smallest absolute Gasteiger partial charge is 0.0575 e. The molecule has 0 aromatic carbocycles. The van der Waals surface area contributed by atoms with Crippen molar-refractivity contribution in [2.75, 3.05) is 19.7 Å².